The van der Waals surface area contributed by atoms with Gasteiger partial charge in [-0.05, 0) is 36.6 Å². The van der Waals surface area contributed by atoms with Gasteiger partial charge in [0.15, 0.2) is 0 Å². The van der Waals surface area contributed by atoms with E-state index < -0.39 is 0 Å². The molecule has 1 saturated heterocycles. The predicted octanol–water partition coefficient (Wildman–Crippen LogP) is 2.35. The maximum absolute atomic E-state index is 4.45. The minimum absolute atomic E-state index is 0.604. The summed E-state index contributed by atoms with van der Waals surface area (Å²) in [6.07, 6.45) is 2.92. The molecule has 3 heteroatoms. The summed E-state index contributed by atoms with van der Waals surface area (Å²) in [5.41, 5.74) is 2.51. The monoisotopic (exact) mass is 267 g/mol. The molecule has 0 aliphatic carbocycles. The Balaban J connectivity index is 1.69. The van der Waals surface area contributed by atoms with Gasteiger partial charge in [-0.3, -0.25) is 4.98 Å². The summed E-state index contributed by atoms with van der Waals surface area (Å²) >= 11 is 0. The molecule has 2 aromatic rings. The smallest absolute Gasteiger partial charge is 0.0407 e. The molecule has 2 heterocycles. The highest BCUT2D eigenvalue weighted by atomic mass is 15.2. The second-order valence-corrected chi connectivity index (χ2v) is 5.38. The molecule has 0 bridgehead atoms. The van der Waals surface area contributed by atoms with Gasteiger partial charge in [-0.15, -0.1) is 0 Å². The Morgan fingerprint density at radius 2 is 1.95 bits per heavy atom. The molecule has 20 heavy (non-hydrogen) atoms. The van der Waals surface area contributed by atoms with E-state index in [1.54, 1.807) is 0 Å². The molecule has 1 aliphatic heterocycles. The molecule has 0 saturated carbocycles. The van der Waals surface area contributed by atoms with Crippen LogP contribution in [0.4, 0.5) is 5.69 Å². The summed E-state index contributed by atoms with van der Waals surface area (Å²) in [4.78, 5) is 6.93. The lowest BCUT2D eigenvalue weighted by atomic mass is 10.0. The molecular formula is C17H21N3. The molecule has 1 aromatic carbocycles. The van der Waals surface area contributed by atoms with Crippen molar-refractivity contribution in [3.05, 3.63) is 60.4 Å². The topological polar surface area (TPSA) is 28.2 Å². The Kier molecular flexibility index (Phi) is 4.28. The lowest BCUT2D eigenvalue weighted by Crippen LogP contribution is -2.30. The summed E-state index contributed by atoms with van der Waals surface area (Å²) < 4.78 is 0. The summed E-state index contributed by atoms with van der Waals surface area (Å²) in [5, 5.41) is 3.55. The van der Waals surface area contributed by atoms with Crippen molar-refractivity contribution in [1.82, 2.24) is 10.3 Å². The van der Waals surface area contributed by atoms with Gasteiger partial charge in [0.2, 0.25) is 0 Å². The van der Waals surface area contributed by atoms with Gasteiger partial charge in [-0.25, -0.2) is 0 Å². The van der Waals surface area contributed by atoms with Crippen LogP contribution >= 0.6 is 0 Å². The van der Waals surface area contributed by atoms with Crippen LogP contribution in [-0.4, -0.2) is 31.2 Å². The normalized spacial score (nSPS) is 19.6. The van der Waals surface area contributed by atoms with Crippen LogP contribution in [0.25, 0.3) is 0 Å². The van der Waals surface area contributed by atoms with E-state index in [9.17, 15) is 0 Å². The first-order valence-electron chi connectivity index (χ1n) is 7.32. The quantitative estimate of drug-likeness (QED) is 0.925. The summed E-state index contributed by atoms with van der Waals surface area (Å²) in [7, 11) is 0. The molecule has 1 atom stereocenters. The molecule has 1 aliphatic rings. The van der Waals surface area contributed by atoms with E-state index in [2.05, 4.69) is 57.7 Å². The SMILES string of the molecule is c1ccc(N2CCNCC(Cc3ccccn3)C2)cc1. The third-order valence-corrected chi connectivity index (χ3v) is 3.82. The Labute approximate surface area is 120 Å². The number of rotatable bonds is 3. The fraction of sp³-hybridized carbons (Fsp3) is 0.353. The second kappa shape index (κ2) is 6.53. The average molecular weight is 267 g/mol. The van der Waals surface area contributed by atoms with Gasteiger partial charge in [0.05, 0.1) is 0 Å². The van der Waals surface area contributed by atoms with Crippen molar-refractivity contribution < 1.29 is 0 Å². The van der Waals surface area contributed by atoms with E-state index in [-0.39, 0.29) is 0 Å². The molecule has 0 spiro atoms. The van der Waals surface area contributed by atoms with Crippen LogP contribution in [0.15, 0.2) is 54.7 Å². The molecule has 1 aromatic heterocycles. The summed E-state index contributed by atoms with van der Waals surface area (Å²) in [6.45, 7) is 4.28. The Bertz CT molecular complexity index is 512. The molecule has 1 unspecified atom stereocenters. The van der Waals surface area contributed by atoms with Gasteiger partial charge in [0.1, 0.15) is 0 Å². The van der Waals surface area contributed by atoms with Crippen LogP contribution in [-0.2, 0) is 6.42 Å². The summed E-state index contributed by atoms with van der Waals surface area (Å²) in [5.74, 6) is 0.604. The number of benzene rings is 1. The van der Waals surface area contributed by atoms with Crippen molar-refractivity contribution in [2.45, 2.75) is 6.42 Å². The van der Waals surface area contributed by atoms with E-state index in [0.717, 1.165) is 32.6 Å². The lowest BCUT2D eigenvalue weighted by molar-refractivity contribution is 0.508. The fourth-order valence-corrected chi connectivity index (χ4v) is 2.81. The first-order valence-corrected chi connectivity index (χ1v) is 7.32. The van der Waals surface area contributed by atoms with Gasteiger partial charge in [0.25, 0.3) is 0 Å². The molecular weight excluding hydrogens is 246 g/mol. The van der Waals surface area contributed by atoms with Crippen molar-refractivity contribution in [3.8, 4) is 0 Å². The standard InChI is InChI=1S/C17H21N3/c1-2-7-17(8-3-1)20-11-10-18-13-15(14-20)12-16-6-4-5-9-19-16/h1-9,15,18H,10-14H2. The average Bonchev–Trinajstić information content (AvgIpc) is 2.75. The fourth-order valence-electron chi connectivity index (χ4n) is 2.81. The van der Waals surface area contributed by atoms with Crippen molar-refractivity contribution in [3.63, 3.8) is 0 Å². The molecule has 0 radical (unpaired) electrons. The highest BCUT2D eigenvalue weighted by molar-refractivity contribution is 5.46. The number of hydrogen-bond donors (Lipinski definition) is 1. The van der Waals surface area contributed by atoms with Gasteiger partial charge >= 0.3 is 0 Å². The van der Waals surface area contributed by atoms with Crippen LogP contribution in [0, 0.1) is 5.92 Å². The first kappa shape index (κ1) is 13.1. The number of nitrogens with zero attached hydrogens (tertiary/aromatic N) is 2. The number of nitrogens with one attached hydrogen (secondary N) is 1. The number of para-hydroxylation sites is 1. The van der Waals surface area contributed by atoms with Gasteiger partial charge in [-0.2, -0.15) is 0 Å². The maximum Gasteiger partial charge on any atom is 0.0407 e. The first-order chi connectivity index (χ1) is 9.92. The number of anilines is 1. The Hall–Kier alpha value is -1.87. The van der Waals surface area contributed by atoms with Crippen molar-refractivity contribution in [2.24, 2.45) is 5.92 Å². The zero-order valence-electron chi connectivity index (χ0n) is 11.7. The van der Waals surface area contributed by atoms with Crippen molar-refractivity contribution in [1.29, 1.82) is 0 Å². The van der Waals surface area contributed by atoms with E-state index >= 15 is 0 Å². The number of aromatic nitrogens is 1. The van der Waals surface area contributed by atoms with Gasteiger partial charge in [0, 0.05) is 43.8 Å². The highest BCUT2D eigenvalue weighted by Gasteiger charge is 2.18. The van der Waals surface area contributed by atoms with Crippen LogP contribution in [0.3, 0.4) is 0 Å². The minimum Gasteiger partial charge on any atom is -0.370 e. The Morgan fingerprint density at radius 3 is 2.75 bits per heavy atom. The molecule has 3 rings (SSSR count). The third-order valence-electron chi connectivity index (χ3n) is 3.82. The number of hydrogen-bond acceptors (Lipinski definition) is 3. The maximum atomic E-state index is 4.45. The van der Waals surface area contributed by atoms with E-state index in [1.807, 2.05) is 12.3 Å². The number of pyridine rings is 1. The zero-order valence-corrected chi connectivity index (χ0v) is 11.7. The van der Waals surface area contributed by atoms with Crippen LogP contribution in [0.1, 0.15) is 5.69 Å². The van der Waals surface area contributed by atoms with E-state index in [1.165, 1.54) is 11.4 Å². The van der Waals surface area contributed by atoms with Crippen LogP contribution in [0.2, 0.25) is 0 Å². The van der Waals surface area contributed by atoms with Crippen LogP contribution < -0.4 is 10.2 Å². The molecule has 0 amide bonds. The third kappa shape index (κ3) is 3.36. The molecule has 104 valence electrons. The van der Waals surface area contributed by atoms with Crippen molar-refractivity contribution >= 4 is 5.69 Å². The predicted molar refractivity (Wildman–Crippen MR) is 83.0 cm³/mol. The molecule has 3 nitrogen and oxygen atoms in total. The van der Waals surface area contributed by atoms with E-state index in [0.29, 0.717) is 5.92 Å². The van der Waals surface area contributed by atoms with Gasteiger partial charge < -0.3 is 10.2 Å². The van der Waals surface area contributed by atoms with Crippen LogP contribution in [0.5, 0.6) is 0 Å². The largest absolute Gasteiger partial charge is 0.370 e. The molecule has 1 N–H and O–H groups in total. The highest BCUT2D eigenvalue weighted by Crippen LogP contribution is 2.18. The Morgan fingerprint density at radius 1 is 1.10 bits per heavy atom. The minimum atomic E-state index is 0.604. The van der Waals surface area contributed by atoms with Gasteiger partial charge in [-0.1, -0.05) is 24.3 Å². The summed E-state index contributed by atoms with van der Waals surface area (Å²) in [6, 6.07) is 16.9. The molecule has 1 fully saturated rings. The lowest BCUT2D eigenvalue weighted by Gasteiger charge is -2.26. The van der Waals surface area contributed by atoms with E-state index in [4.69, 9.17) is 0 Å². The zero-order chi connectivity index (χ0) is 13.6. The van der Waals surface area contributed by atoms with Crippen molar-refractivity contribution in [2.75, 3.05) is 31.1 Å². The second-order valence-electron chi connectivity index (χ2n) is 5.38.